The topological polar surface area (TPSA) is 85.6 Å². The lowest BCUT2D eigenvalue weighted by Crippen LogP contribution is -2.15. The van der Waals surface area contributed by atoms with Crippen LogP contribution in [0, 0.1) is 0 Å². The first-order valence-electron chi connectivity index (χ1n) is 7.86. The van der Waals surface area contributed by atoms with Crippen molar-refractivity contribution in [2.24, 2.45) is 0 Å². The minimum absolute atomic E-state index is 0.306. The number of carbonyl (C=O) groups excluding carboxylic acids is 1. The molecule has 124 valence electrons. The van der Waals surface area contributed by atoms with E-state index in [1.807, 2.05) is 37.3 Å². The summed E-state index contributed by atoms with van der Waals surface area (Å²) in [6.45, 7) is 4.05. The largest absolute Gasteiger partial charge is 0.295 e. The Balaban J connectivity index is 1.89. The molecule has 7 nitrogen and oxygen atoms in total. The zero-order valence-electron chi connectivity index (χ0n) is 13.6. The number of hydrogen-bond acceptors (Lipinski definition) is 6. The quantitative estimate of drug-likeness (QED) is 0.744. The van der Waals surface area contributed by atoms with Gasteiger partial charge in [-0.15, -0.1) is 15.3 Å². The van der Waals surface area contributed by atoms with Crippen molar-refractivity contribution < 1.29 is 4.79 Å². The summed E-state index contributed by atoms with van der Waals surface area (Å²) in [6, 6.07) is 9.68. The third-order valence-corrected chi connectivity index (χ3v) is 4.44. The van der Waals surface area contributed by atoms with E-state index in [0.717, 1.165) is 29.2 Å². The number of amides is 1. The van der Waals surface area contributed by atoms with Gasteiger partial charge < -0.3 is 0 Å². The molecule has 0 radical (unpaired) electrons. The van der Waals surface area contributed by atoms with E-state index in [4.69, 9.17) is 0 Å². The SMILES string of the molecule is CCCc1c(C(=O)Nc2nnc(CC)s2)nnn1-c1ccccc1. The molecule has 1 aromatic carbocycles. The van der Waals surface area contributed by atoms with Gasteiger partial charge in [0.2, 0.25) is 5.13 Å². The maximum atomic E-state index is 12.6. The molecule has 2 heterocycles. The molecule has 3 aromatic rings. The van der Waals surface area contributed by atoms with Crippen molar-refractivity contribution in [3.05, 3.63) is 46.7 Å². The summed E-state index contributed by atoms with van der Waals surface area (Å²) in [4.78, 5) is 12.6. The number of carbonyl (C=O) groups is 1. The Kier molecular flexibility index (Phi) is 4.95. The maximum absolute atomic E-state index is 12.6. The van der Waals surface area contributed by atoms with Gasteiger partial charge in [0, 0.05) is 0 Å². The van der Waals surface area contributed by atoms with Gasteiger partial charge in [0.15, 0.2) is 5.69 Å². The Morgan fingerprint density at radius 3 is 2.62 bits per heavy atom. The number of benzene rings is 1. The molecule has 3 rings (SSSR count). The van der Waals surface area contributed by atoms with Gasteiger partial charge in [0.1, 0.15) is 5.01 Å². The smallest absolute Gasteiger partial charge is 0.279 e. The van der Waals surface area contributed by atoms with Crippen molar-refractivity contribution in [1.29, 1.82) is 0 Å². The lowest BCUT2D eigenvalue weighted by Gasteiger charge is -2.06. The molecule has 2 aromatic heterocycles. The predicted molar refractivity (Wildman–Crippen MR) is 92.6 cm³/mol. The average molecular weight is 342 g/mol. The molecular formula is C16H18N6OS. The predicted octanol–water partition coefficient (Wildman–Crippen LogP) is 2.89. The minimum atomic E-state index is -0.306. The number of hydrogen-bond donors (Lipinski definition) is 1. The molecule has 24 heavy (non-hydrogen) atoms. The number of anilines is 1. The lowest BCUT2D eigenvalue weighted by molar-refractivity contribution is 0.102. The van der Waals surface area contributed by atoms with Crippen LogP contribution in [-0.4, -0.2) is 31.1 Å². The lowest BCUT2D eigenvalue weighted by atomic mass is 10.2. The normalized spacial score (nSPS) is 10.8. The van der Waals surface area contributed by atoms with Crippen molar-refractivity contribution in [1.82, 2.24) is 25.2 Å². The molecule has 0 spiro atoms. The Labute approximate surface area is 143 Å². The molecule has 0 bridgehead atoms. The van der Waals surface area contributed by atoms with E-state index in [1.54, 1.807) is 4.68 Å². The number of rotatable bonds is 6. The van der Waals surface area contributed by atoms with Crippen LogP contribution in [0.1, 0.15) is 41.5 Å². The molecule has 0 aliphatic heterocycles. The Morgan fingerprint density at radius 2 is 1.96 bits per heavy atom. The van der Waals surface area contributed by atoms with Crippen LogP contribution < -0.4 is 5.32 Å². The summed E-state index contributed by atoms with van der Waals surface area (Å²) < 4.78 is 1.72. The molecule has 8 heteroatoms. The van der Waals surface area contributed by atoms with Crippen LogP contribution >= 0.6 is 11.3 Å². The Bertz CT molecular complexity index is 826. The first kappa shape index (κ1) is 16.3. The first-order chi connectivity index (χ1) is 11.7. The number of aryl methyl sites for hydroxylation is 1. The molecular weight excluding hydrogens is 324 g/mol. The highest BCUT2D eigenvalue weighted by atomic mass is 32.1. The van der Waals surface area contributed by atoms with E-state index in [9.17, 15) is 4.79 Å². The fourth-order valence-electron chi connectivity index (χ4n) is 2.32. The Hall–Kier alpha value is -2.61. The number of aromatic nitrogens is 5. The molecule has 0 saturated carbocycles. The summed E-state index contributed by atoms with van der Waals surface area (Å²) in [6.07, 6.45) is 2.39. The fraction of sp³-hybridized carbons (Fsp3) is 0.312. The van der Waals surface area contributed by atoms with Crippen molar-refractivity contribution in [3.63, 3.8) is 0 Å². The van der Waals surface area contributed by atoms with Gasteiger partial charge in [0.05, 0.1) is 11.4 Å². The molecule has 0 saturated heterocycles. The molecule has 0 aliphatic rings. The fourth-order valence-corrected chi connectivity index (χ4v) is 2.99. The van der Waals surface area contributed by atoms with Gasteiger partial charge in [-0.25, -0.2) is 4.68 Å². The summed E-state index contributed by atoms with van der Waals surface area (Å²) in [5.74, 6) is -0.306. The van der Waals surface area contributed by atoms with Crippen LogP contribution in [0.5, 0.6) is 0 Å². The van der Waals surface area contributed by atoms with Crippen LogP contribution in [0.4, 0.5) is 5.13 Å². The standard InChI is InChI=1S/C16H18N6OS/c1-3-8-12-14(15(23)17-16-20-18-13(4-2)24-16)19-21-22(12)11-9-6-5-7-10-11/h5-7,9-10H,3-4,8H2,1-2H3,(H,17,20,23). The highest BCUT2D eigenvalue weighted by Gasteiger charge is 2.21. The van der Waals surface area contributed by atoms with E-state index in [-0.39, 0.29) is 5.91 Å². The molecule has 1 amide bonds. The van der Waals surface area contributed by atoms with E-state index < -0.39 is 0 Å². The van der Waals surface area contributed by atoms with Crippen LogP contribution in [0.15, 0.2) is 30.3 Å². The third kappa shape index (κ3) is 3.33. The number of nitrogens with one attached hydrogen (secondary N) is 1. The van der Waals surface area contributed by atoms with Crippen LogP contribution in [0.3, 0.4) is 0 Å². The van der Waals surface area contributed by atoms with Gasteiger partial charge in [-0.1, -0.05) is 55.0 Å². The molecule has 1 N–H and O–H groups in total. The van der Waals surface area contributed by atoms with Gasteiger partial charge in [-0.2, -0.15) is 0 Å². The number of nitrogens with zero attached hydrogens (tertiary/aromatic N) is 5. The van der Waals surface area contributed by atoms with E-state index >= 15 is 0 Å². The van der Waals surface area contributed by atoms with Crippen LogP contribution in [0.25, 0.3) is 5.69 Å². The van der Waals surface area contributed by atoms with Crippen molar-refractivity contribution in [2.75, 3.05) is 5.32 Å². The highest BCUT2D eigenvalue weighted by molar-refractivity contribution is 7.15. The minimum Gasteiger partial charge on any atom is -0.295 e. The van der Waals surface area contributed by atoms with Gasteiger partial charge in [-0.3, -0.25) is 10.1 Å². The van der Waals surface area contributed by atoms with E-state index in [0.29, 0.717) is 17.2 Å². The Morgan fingerprint density at radius 1 is 1.17 bits per heavy atom. The molecule has 0 unspecified atom stereocenters. The summed E-state index contributed by atoms with van der Waals surface area (Å²) in [7, 11) is 0. The second-order valence-corrected chi connectivity index (χ2v) is 6.25. The van der Waals surface area contributed by atoms with E-state index in [1.165, 1.54) is 11.3 Å². The van der Waals surface area contributed by atoms with Crippen LogP contribution in [-0.2, 0) is 12.8 Å². The zero-order chi connectivity index (χ0) is 16.9. The van der Waals surface area contributed by atoms with Crippen molar-refractivity contribution >= 4 is 22.4 Å². The number of para-hydroxylation sites is 1. The maximum Gasteiger partial charge on any atom is 0.279 e. The summed E-state index contributed by atoms with van der Waals surface area (Å²) in [5.41, 5.74) is 2.01. The van der Waals surface area contributed by atoms with Gasteiger partial charge in [0.25, 0.3) is 5.91 Å². The second kappa shape index (κ2) is 7.31. The van der Waals surface area contributed by atoms with E-state index in [2.05, 4.69) is 32.7 Å². The van der Waals surface area contributed by atoms with Crippen molar-refractivity contribution in [3.8, 4) is 5.69 Å². The first-order valence-corrected chi connectivity index (χ1v) is 8.68. The molecule has 0 atom stereocenters. The highest BCUT2D eigenvalue weighted by Crippen LogP contribution is 2.19. The average Bonchev–Trinajstić information content (AvgIpc) is 3.23. The van der Waals surface area contributed by atoms with Crippen LogP contribution in [0.2, 0.25) is 0 Å². The molecule has 0 fully saturated rings. The zero-order valence-corrected chi connectivity index (χ0v) is 14.4. The molecule has 0 aliphatic carbocycles. The van der Waals surface area contributed by atoms with Gasteiger partial charge >= 0.3 is 0 Å². The van der Waals surface area contributed by atoms with Crippen molar-refractivity contribution in [2.45, 2.75) is 33.1 Å². The second-order valence-electron chi connectivity index (χ2n) is 5.19. The third-order valence-electron chi connectivity index (χ3n) is 3.46. The summed E-state index contributed by atoms with van der Waals surface area (Å²) >= 11 is 1.37. The summed E-state index contributed by atoms with van der Waals surface area (Å²) in [5, 5.41) is 20.4. The van der Waals surface area contributed by atoms with Gasteiger partial charge in [-0.05, 0) is 25.0 Å². The monoisotopic (exact) mass is 342 g/mol.